The number of hydrogen-bond donors (Lipinski definition) is 1. The number of nitrogens with two attached hydrogens (primary N) is 1. The van der Waals surface area contributed by atoms with E-state index in [-0.39, 0.29) is 5.91 Å². The van der Waals surface area contributed by atoms with Gasteiger partial charge in [0.05, 0.1) is 0 Å². The molecule has 2 N–H and O–H groups in total. The number of benzene rings is 2. The van der Waals surface area contributed by atoms with Crippen molar-refractivity contribution in [3.05, 3.63) is 75.4 Å². The topological polar surface area (TPSA) is 58.7 Å². The summed E-state index contributed by atoms with van der Waals surface area (Å²) in [6.45, 7) is 5.15. The molecule has 1 aliphatic carbocycles. The first-order valence-corrected chi connectivity index (χ1v) is 10.9. The number of carbonyl (C=O) groups is 1. The molecule has 0 saturated heterocycles. The van der Waals surface area contributed by atoms with Gasteiger partial charge in [0.2, 0.25) is 0 Å². The van der Waals surface area contributed by atoms with Gasteiger partial charge in [-0.25, -0.2) is 0 Å². The van der Waals surface area contributed by atoms with Crippen LogP contribution in [0.4, 0.5) is 0 Å². The van der Waals surface area contributed by atoms with Gasteiger partial charge in [0.25, 0.3) is 5.91 Å². The van der Waals surface area contributed by atoms with E-state index in [1.54, 1.807) is 13.3 Å². The van der Waals surface area contributed by atoms with Crippen LogP contribution in [0.25, 0.3) is 5.70 Å². The fraction of sp³-hybridized carbons (Fsp3) is 0.385. The normalized spacial score (nSPS) is 17.4. The largest absolute Gasteiger partial charge is 0.398 e. The number of carbonyl (C=O) groups excluding carboxylic acids is 1. The minimum atomic E-state index is 0.229. The van der Waals surface area contributed by atoms with Gasteiger partial charge in [-0.2, -0.15) is 0 Å². The van der Waals surface area contributed by atoms with Crippen molar-refractivity contribution < 1.29 is 4.79 Å². The average Bonchev–Trinajstić information content (AvgIpc) is 3.39. The third-order valence-electron chi connectivity index (χ3n) is 6.81. The van der Waals surface area contributed by atoms with Crippen LogP contribution in [0.3, 0.4) is 0 Å². The third-order valence-corrected chi connectivity index (χ3v) is 6.81. The maximum Gasteiger partial charge on any atom is 0.254 e. The van der Waals surface area contributed by atoms with E-state index in [1.807, 2.05) is 18.2 Å². The molecule has 0 spiro atoms. The van der Waals surface area contributed by atoms with Gasteiger partial charge in [0, 0.05) is 37.1 Å². The van der Waals surface area contributed by atoms with Crippen LogP contribution >= 0.6 is 0 Å². The highest BCUT2D eigenvalue weighted by molar-refractivity contribution is 5.99. The molecule has 156 valence electrons. The standard InChI is InChI=1S/C26H31N3O/c1-17-18(2)24-16-29(22-6-4-5-7-22)26(30)23(24)15-21(17)14-19-8-10-20(11-9-19)25(27)12-13-28-3/h8-13,15,22H,4-7,14,16,27H2,1-3H3. The average molecular weight is 402 g/mol. The van der Waals surface area contributed by atoms with E-state index in [9.17, 15) is 4.79 Å². The molecule has 0 aromatic heterocycles. The van der Waals surface area contributed by atoms with Crippen LogP contribution < -0.4 is 5.73 Å². The van der Waals surface area contributed by atoms with Crippen LogP contribution in [0.15, 0.2) is 41.4 Å². The minimum Gasteiger partial charge on any atom is -0.398 e. The first-order chi connectivity index (χ1) is 14.5. The van der Waals surface area contributed by atoms with Crippen molar-refractivity contribution >= 4 is 17.8 Å². The van der Waals surface area contributed by atoms with Crippen LogP contribution in [0, 0.1) is 13.8 Å². The van der Waals surface area contributed by atoms with Crippen LogP contribution in [0.5, 0.6) is 0 Å². The second-order valence-corrected chi connectivity index (χ2v) is 8.59. The Morgan fingerprint density at radius 3 is 2.53 bits per heavy atom. The summed E-state index contributed by atoms with van der Waals surface area (Å²) in [6, 6.07) is 10.9. The summed E-state index contributed by atoms with van der Waals surface area (Å²) in [5, 5.41) is 0. The summed E-state index contributed by atoms with van der Waals surface area (Å²) in [4.78, 5) is 19.2. The van der Waals surface area contributed by atoms with Crippen LogP contribution in [0.2, 0.25) is 0 Å². The highest BCUT2D eigenvalue weighted by Crippen LogP contribution is 2.35. The van der Waals surface area contributed by atoms with Gasteiger partial charge in [0.1, 0.15) is 0 Å². The molecule has 0 bridgehead atoms. The molecule has 2 aliphatic rings. The van der Waals surface area contributed by atoms with E-state index < -0.39 is 0 Å². The van der Waals surface area contributed by atoms with Crippen molar-refractivity contribution in [2.24, 2.45) is 10.7 Å². The highest BCUT2D eigenvalue weighted by Gasteiger charge is 2.35. The van der Waals surface area contributed by atoms with Crippen LogP contribution in [-0.2, 0) is 13.0 Å². The zero-order valence-corrected chi connectivity index (χ0v) is 18.2. The van der Waals surface area contributed by atoms with Crippen molar-refractivity contribution in [3.63, 3.8) is 0 Å². The summed E-state index contributed by atoms with van der Waals surface area (Å²) in [7, 11) is 1.73. The molecular formula is C26H31N3O. The second kappa shape index (κ2) is 8.47. The van der Waals surface area contributed by atoms with Crippen molar-refractivity contribution in [3.8, 4) is 0 Å². The van der Waals surface area contributed by atoms with Crippen LogP contribution in [0.1, 0.15) is 69.4 Å². The molecule has 1 aliphatic heterocycles. The Hall–Kier alpha value is -2.88. The Labute approximate surface area is 179 Å². The second-order valence-electron chi connectivity index (χ2n) is 8.59. The van der Waals surface area contributed by atoms with Crippen molar-refractivity contribution in [2.75, 3.05) is 7.05 Å². The van der Waals surface area contributed by atoms with E-state index >= 15 is 0 Å². The first kappa shape index (κ1) is 20.4. The van der Waals surface area contributed by atoms with E-state index in [1.165, 1.54) is 40.7 Å². The molecule has 1 heterocycles. The predicted octanol–water partition coefficient (Wildman–Crippen LogP) is 4.79. The van der Waals surface area contributed by atoms with Gasteiger partial charge in [-0.3, -0.25) is 9.79 Å². The molecule has 4 nitrogen and oxygen atoms in total. The van der Waals surface area contributed by atoms with Gasteiger partial charge in [0.15, 0.2) is 0 Å². The quantitative estimate of drug-likeness (QED) is 0.732. The first-order valence-electron chi connectivity index (χ1n) is 10.9. The maximum absolute atomic E-state index is 13.2. The van der Waals surface area contributed by atoms with E-state index in [0.29, 0.717) is 11.7 Å². The third kappa shape index (κ3) is 3.79. The van der Waals surface area contributed by atoms with Gasteiger partial charge >= 0.3 is 0 Å². The fourth-order valence-electron chi connectivity index (χ4n) is 4.81. The van der Waals surface area contributed by atoms with E-state index in [4.69, 9.17) is 5.73 Å². The zero-order chi connectivity index (χ0) is 21.3. The predicted molar refractivity (Wildman–Crippen MR) is 124 cm³/mol. The summed E-state index contributed by atoms with van der Waals surface area (Å²) in [5.41, 5.74) is 15.0. The monoisotopic (exact) mass is 401 g/mol. The molecule has 0 atom stereocenters. The molecule has 4 rings (SSSR count). The summed E-state index contributed by atoms with van der Waals surface area (Å²) < 4.78 is 0. The number of hydrogen-bond acceptors (Lipinski definition) is 3. The van der Waals surface area contributed by atoms with Gasteiger partial charge < -0.3 is 10.6 Å². The molecule has 1 fully saturated rings. The molecule has 2 aromatic carbocycles. The zero-order valence-electron chi connectivity index (χ0n) is 18.2. The molecule has 2 aromatic rings. The highest BCUT2D eigenvalue weighted by atomic mass is 16.2. The lowest BCUT2D eigenvalue weighted by Crippen LogP contribution is -2.33. The number of amides is 1. The summed E-state index contributed by atoms with van der Waals surface area (Å²) >= 11 is 0. The fourth-order valence-corrected chi connectivity index (χ4v) is 4.81. The number of fused-ring (bicyclic) bond motifs is 1. The Morgan fingerprint density at radius 2 is 1.87 bits per heavy atom. The molecule has 0 unspecified atom stereocenters. The lowest BCUT2D eigenvalue weighted by Gasteiger charge is -2.23. The number of allylic oxidation sites excluding steroid dienone is 1. The molecule has 4 heteroatoms. The summed E-state index contributed by atoms with van der Waals surface area (Å²) in [5.74, 6) is 0.229. The van der Waals surface area contributed by atoms with Gasteiger partial charge in [-0.15, -0.1) is 0 Å². The number of nitrogens with zero attached hydrogens (tertiary/aromatic N) is 2. The molecule has 30 heavy (non-hydrogen) atoms. The van der Waals surface area contributed by atoms with Gasteiger partial charge in [-0.1, -0.05) is 37.1 Å². The Kier molecular flexibility index (Phi) is 5.76. The molecule has 1 amide bonds. The molecule has 0 radical (unpaired) electrons. The minimum absolute atomic E-state index is 0.229. The van der Waals surface area contributed by atoms with Crippen LogP contribution in [-0.4, -0.2) is 30.1 Å². The lowest BCUT2D eigenvalue weighted by atomic mass is 9.91. The molecule has 1 saturated carbocycles. The Balaban J connectivity index is 1.58. The Bertz CT molecular complexity index is 1010. The van der Waals surface area contributed by atoms with Crippen molar-refractivity contribution in [1.29, 1.82) is 0 Å². The smallest absolute Gasteiger partial charge is 0.254 e. The van der Waals surface area contributed by atoms with E-state index in [2.05, 4.69) is 41.9 Å². The SMILES string of the molecule is CN=CC=C(N)c1ccc(Cc2cc3c(c(C)c2C)CN(C2CCCC2)C3=O)cc1. The summed E-state index contributed by atoms with van der Waals surface area (Å²) in [6.07, 6.45) is 9.12. The number of rotatable bonds is 5. The maximum atomic E-state index is 13.2. The molecular weight excluding hydrogens is 370 g/mol. The Morgan fingerprint density at radius 1 is 1.17 bits per heavy atom. The number of aliphatic imine (C=N–C) groups is 1. The van der Waals surface area contributed by atoms with Gasteiger partial charge in [-0.05, 0) is 78.6 Å². The lowest BCUT2D eigenvalue weighted by molar-refractivity contribution is 0.0707. The van der Waals surface area contributed by atoms with Crippen molar-refractivity contribution in [1.82, 2.24) is 4.90 Å². The van der Waals surface area contributed by atoms with Crippen molar-refractivity contribution in [2.45, 2.75) is 58.5 Å². The van der Waals surface area contributed by atoms with E-state index in [0.717, 1.165) is 36.9 Å².